The second-order valence-electron chi connectivity index (χ2n) is 3.13. The number of carbonyl (C=O) groups excluding carboxylic acids is 1. The van der Waals surface area contributed by atoms with Crippen LogP contribution in [-0.4, -0.2) is 25.5 Å². The largest absolute Gasteiger partial charge is 0.438 e. The van der Waals surface area contributed by atoms with Crippen LogP contribution >= 0.6 is 0 Å². The van der Waals surface area contributed by atoms with E-state index in [0.29, 0.717) is 31.7 Å². The van der Waals surface area contributed by atoms with Gasteiger partial charge in [0.05, 0.1) is 6.54 Å². The van der Waals surface area contributed by atoms with Crippen LogP contribution in [0.3, 0.4) is 0 Å². The molecule has 1 aromatic heterocycles. The Morgan fingerprint density at radius 2 is 2.46 bits per heavy atom. The summed E-state index contributed by atoms with van der Waals surface area (Å²) in [5.74, 6) is 0.875. The summed E-state index contributed by atoms with van der Waals surface area (Å²) in [5, 5.41) is 0. The van der Waals surface area contributed by atoms with Crippen molar-refractivity contribution in [2.75, 3.05) is 18.0 Å². The molecule has 0 aromatic carbocycles. The fourth-order valence-corrected chi connectivity index (χ4v) is 1.49. The first-order chi connectivity index (χ1) is 6.29. The van der Waals surface area contributed by atoms with Crippen LogP contribution < -0.4 is 4.90 Å². The molecule has 1 atom stereocenters. The minimum absolute atomic E-state index is 0.289. The van der Waals surface area contributed by atoms with Crippen LogP contribution in [0.5, 0.6) is 0 Å². The second kappa shape index (κ2) is 3.20. The number of anilines is 1. The molecule has 1 fully saturated rings. The molecule has 2 heterocycles. The van der Waals surface area contributed by atoms with Gasteiger partial charge in [-0.3, -0.25) is 4.79 Å². The third kappa shape index (κ3) is 1.56. The minimum atomic E-state index is -0.773. The highest BCUT2D eigenvalue weighted by Gasteiger charge is 2.23. The molecule has 70 valence electrons. The molecule has 1 unspecified atom stereocenters. The van der Waals surface area contributed by atoms with Gasteiger partial charge in [0.25, 0.3) is 0 Å². The van der Waals surface area contributed by atoms with Crippen molar-refractivity contribution in [2.45, 2.75) is 12.6 Å². The summed E-state index contributed by atoms with van der Waals surface area (Å²) in [5.41, 5.74) is 0. The molecule has 0 N–H and O–H groups in total. The maximum Gasteiger partial charge on any atom is 0.196 e. The lowest BCUT2D eigenvalue weighted by atomic mass is 10.3. The fraction of sp³-hybridized carbons (Fsp3) is 0.444. The molecule has 0 saturated carbocycles. The topological polar surface area (TPSA) is 33.5 Å². The highest BCUT2D eigenvalue weighted by Crippen LogP contribution is 2.23. The molecule has 0 bridgehead atoms. The fourth-order valence-electron chi connectivity index (χ4n) is 1.49. The lowest BCUT2D eigenvalue weighted by molar-refractivity contribution is 0.110. The van der Waals surface area contributed by atoms with Crippen molar-refractivity contribution < 1.29 is 13.6 Å². The van der Waals surface area contributed by atoms with Crippen LogP contribution in [0.2, 0.25) is 0 Å². The van der Waals surface area contributed by atoms with Crippen molar-refractivity contribution in [3.8, 4) is 0 Å². The number of hydrogen-bond acceptors (Lipinski definition) is 3. The van der Waals surface area contributed by atoms with Gasteiger partial charge in [-0.25, -0.2) is 4.39 Å². The zero-order valence-corrected chi connectivity index (χ0v) is 7.07. The predicted molar refractivity (Wildman–Crippen MR) is 45.8 cm³/mol. The summed E-state index contributed by atoms with van der Waals surface area (Å²) in [4.78, 5) is 12.1. The summed E-state index contributed by atoms with van der Waals surface area (Å²) in [7, 11) is 0. The Labute approximate surface area is 75.1 Å². The first-order valence-electron chi connectivity index (χ1n) is 4.23. The van der Waals surface area contributed by atoms with Crippen molar-refractivity contribution in [3.05, 3.63) is 17.9 Å². The summed E-state index contributed by atoms with van der Waals surface area (Å²) in [6.07, 6.45) is 0.411. The van der Waals surface area contributed by atoms with Gasteiger partial charge in [-0.2, -0.15) is 0 Å². The van der Waals surface area contributed by atoms with E-state index in [1.54, 1.807) is 17.0 Å². The Hall–Kier alpha value is -1.32. The number of carbonyl (C=O) groups is 1. The average Bonchev–Trinajstić information content (AvgIpc) is 2.71. The lowest BCUT2D eigenvalue weighted by Crippen LogP contribution is -2.19. The Morgan fingerprint density at radius 3 is 3.00 bits per heavy atom. The molecule has 3 nitrogen and oxygen atoms in total. The van der Waals surface area contributed by atoms with Gasteiger partial charge >= 0.3 is 0 Å². The van der Waals surface area contributed by atoms with Gasteiger partial charge in [0.1, 0.15) is 6.17 Å². The molecule has 0 radical (unpaired) electrons. The van der Waals surface area contributed by atoms with Gasteiger partial charge in [0.2, 0.25) is 0 Å². The van der Waals surface area contributed by atoms with Gasteiger partial charge in [0, 0.05) is 12.6 Å². The van der Waals surface area contributed by atoms with E-state index < -0.39 is 6.17 Å². The first kappa shape index (κ1) is 8.29. The maximum absolute atomic E-state index is 12.8. The van der Waals surface area contributed by atoms with Crippen molar-refractivity contribution in [3.63, 3.8) is 0 Å². The van der Waals surface area contributed by atoms with Crippen LogP contribution in [0.4, 0.5) is 10.3 Å². The molecule has 1 aliphatic rings. The van der Waals surface area contributed by atoms with Gasteiger partial charge in [-0.15, -0.1) is 0 Å². The van der Waals surface area contributed by atoms with Crippen molar-refractivity contribution in [2.24, 2.45) is 0 Å². The summed E-state index contributed by atoms with van der Waals surface area (Å²) in [6.45, 7) is 1.03. The summed E-state index contributed by atoms with van der Waals surface area (Å²) in [6, 6.07) is 3.29. The van der Waals surface area contributed by atoms with E-state index in [1.165, 1.54) is 0 Å². The van der Waals surface area contributed by atoms with Crippen LogP contribution in [-0.2, 0) is 0 Å². The molecule has 2 rings (SSSR count). The number of aldehydes is 1. The van der Waals surface area contributed by atoms with E-state index in [9.17, 15) is 9.18 Å². The van der Waals surface area contributed by atoms with Gasteiger partial charge in [-0.1, -0.05) is 0 Å². The smallest absolute Gasteiger partial charge is 0.196 e. The molecular weight excluding hydrogens is 173 g/mol. The zero-order valence-electron chi connectivity index (χ0n) is 7.07. The number of hydrogen-bond donors (Lipinski definition) is 0. The molecule has 1 saturated heterocycles. The normalized spacial score (nSPS) is 22.2. The van der Waals surface area contributed by atoms with Crippen LogP contribution in [0, 0.1) is 0 Å². The lowest BCUT2D eigenvalue weighted by Gasteiger charge is -2.12. The Balaban J connectivity index is 2.12. The summed E-state index contributed by atoms with van der Waals surface area (Å²) < 4.78 is 18.0. The van der Waals surface area contributed by atoms with Crippen LogP contribution in [0.25, 0.3) is 0 Å². The summed E-state index contributed by atoms with van der Waals surface area (Å²) >= 11 is 0. The van der Waals surface area contributed by atoms with E-state index in [1.807, 2.05) is 0 Å². The zero-order chi connectivity index (χ0) is 9.26. The van der Waals surface area contributed by atoms with Gasteiger partial charge in [-0.05, 0) is 12.5 Å². The Bertz CT molecular complexity index is 310. The van der Waals surface area contributed by atoms with Gasteiger partial charge < -0.3 is 9.32 Å². The predicted octanol–water partition coefficient (Wildman–Crippen LogP) is 1.64. The van der Waals surface area contributed by atoms with Crippen molar-refractivity contribution in [1.82, 2.24) is 0 Å². The van der Waals surface area contributed by atoms with E-state index >= 15 is 0 Å². The maximum atomic E-state index is 12.8. The average molecular weight is 183 g/mol. The molecule has 1 aliphatic heterocycles. The molecule has 0 amide bonds. The molecule has 0 spiro atoms. The standard InChI is InChI=1S/C9H10FNO2/c10-7-3-4-11(5-7)9-2-1-8(6-12)13-9/h1-2,6-7H,3-5H2. The highest BCUT2D eigenvalue weighted by atomic mass is 19.1. The molecule has 4 heteroatoms. The number of furan rings is 1. The number of alkyl halides is 1. The number of nitrogens with zero attached hydrogens (tertiary/aromatic N) is 1. The van der Waals surface area contributed by atoms with Crippen molar-refractivity contribution in [1.29, 1.82) is 0 Å². The molecule has 13 heavy (non-hydrogen) atoms. The van der Waals surface area contributed by atoms with Crippen LogP contribution in [0.15, 0.2) is 16.5 Å². The Kier molecular flexibility index (Phi) is 2.04. The van der Waals surface area contributed by atoms with E-state index in [4.69, 9.17) is 4.42 Å². The monoisotopic (exact) mass is 183 g/mol. The Morgan fingerprint density at radius 1 is 1.62 bits per heavy atom. The third-order valence-electron chi connectivity index (χ3n) is 2.17. The van der Waals surface area contributed by atoms with Gasteiger partial charge in [0.15, 0.2) is 17.9 Å². The number of halogens is 1. The minimum Gasteiger partial charge on any atom is -0.438 e. The molecule has 0 aliphatic carbocycles. The quantitative estimate of drug-likeness (QED) is 0.653. The SMILES string of the molecule is O=Cc1ccc(N2CCC(F)C2)o1. The van der Waals surface area contributed by atoms with E-state index in [2.05, 4.69) is 0 Å². The van der Waals surface area contributed by atoms with Crippen LogP contribution in [0.1, 0.15) is 17.0 Å². The third-order valence-corrected chi connectivity index (χ3v) is 2.17. The van der Waals surface area contributed by atoms with Crippen molar-refractivity contribution >= 4 is 12.2 Å². The first-order valence-corrected chi connectivity index (χ1v) is 4.23. The number of rotatable bonds is 2. The van der Waals surface area contributed by atoms with E-state index in [0.717, 1.165) is 0 Å². The molecular formula is C9H10FNO2. The van der Waals surface area contributed by atoms with E-state index in [-0.39, 0.29) is 5.76 Å². The molecule has 1 aromatic rings. The highest BCUT2D eigenvalue weighted by molar-refractivity contribution is 5.71. The second-order valence-corrected chi connectivity index (χ2v) is 3.13.